The Labute approximate surface area is 113 Å². The van der Waals surface area contributed by atoms with Gasteiger partial charge >= 0.3 is 0 Å². The monoisotopic (exact) mass is 315 g/mol. The first-order chi connectivity index (χ1) is 7.99. The molecule has 3 nitrogen and oxygen atoms in total. The molecule has 1 heterocycles. The van der Waals surface area contributed by atoms with Crippen LogP contribution in [-0.2, 0) is 9.59 Å². The van der Waals surface area contributed by atoms with Crippen molar-refractivity contribution >= 4 is 39.3 Å². The number of carbonyl (C=O) groups is 2. The number of hydrogen-bond acceptors (Lipinski definition) is 2. The lowest BCUT2D eigenvalue weighted by Crippen LogP contribution is -2.43. The standard InChI is InChI=1S/C12H11BrClNO2/c1-6-8(5-11(16)15-12(6)17)7-2-3-10(14)9(13)4-7/h2-4,6,8H,5H2,1H3,(H,15,16,17). The number of amides is 2. The van der Waals surface area contributed by atoms with Gasteiger partial charge in [0.25, 0.3) is 0 Å². The Bertz CT molecular complexity index is 489. The van der Waals surface area contributed by atoms with Crippen LogP contribution in [0.2, 0.25) is 5.02 Å². The fourth-order valence-electron chi connectivity index (χ4n) is 2.01. The highest BCUT2D eigenvalue weighted by Crippen LogP contribution is 2.34. The highest BCUT2D eigenvalue weighted by atomic mass is 79.9. The second kappa shape index (κ2) is 4.78. The number of benzene rings is 1. The van der Waals surface area contributed by atoms with Crippen LogP contribution in [0.3, 0.4) is 0 Å². The zero-order valence-electron chi connectivity index (χ0n) is 9.17. The molecule has 0 aliphatic carbocycles. The molecule has 90 valence electrons. The molecule has 1 aromatic rings. The van der Waals surface area contributed by atoms with Gasteiger partial charge in [-0.2, -0.15) is 0 Å². The average Bonchev–Trinajstić information content (AvgIpc) is 2.27. The van der Waals surface area contributed by atoms with Crippen molar-refractivity contribution < 1.29 is 9.59 Å². The fraction of sp³-hybridized carbons (Fsp3) is 0.333. The molecule has 1 saturated heterocycles. The largest absolute Gasteiger partial charge is 0.296 e. The number of rotatable bonds is 1. The Hall–Kier alpha value is -0.870. The molecule has 17 heavy (non-hydrogen) atoms. The van der Waals surface area contributed by atoms with Gasteiger partial charge in [-0.3, -0.25) is 14.9 Å². The van der Waals surface area contributed by atoms with Gasteiger partial charge in [-0.1, -0.05) is 24.6 Å². The summed E-state index contributed by atoms with van der Waals surface area (Å²) in [6, 6.07) is 5.50. The zero-order chi connectivity index (χ0) is 12.6. The summed E-state index contributed by atoms with van der Waals surface area (Å²) >= 11 is 9.27. The van der Waals surface area contributed by atoms with Crippen molar-refractivity contribution in [3.05, 3.63) is 33.3 Å². The third kappa shape index (κ3) is 2.53. The molecule has 2 amide bonds. The summed E-state index contributed by atoms with van der Waals surface area (Å²) in [7, 11) is 0. The van der Waals surface area contributed by atoms with Crippen molar-refractivity contribution in [1.82, 2.24) is 5.32 Å². The number of imide groups is 1. The Balaban J connectivity index is 2.34. The Kier molecular flexibility index (Phi) is 3.54. The summed E-state index contributed by atoms with van der Waals surface area (Å²) in [5, 5.41) is 2.96. The van der Waals surface area contributed by atoms with E-state index in [0.717, 1.165) is 10.0 Å². The zero-order valence-corrected chi connectivity index (χ0v) is 11.5. The van der Waals surface area contributed by atoms with Gasteiger partial charge in [0.05, 0.1) is 5.02 Å². The first-order valence-corrected chi connectivity index (χ1v) is 6.45. The summed E-state index contributed by atoms with van der Waals surface area (Å²) in [5.74, 6) is -0.716. The van der Waals surface area contributed by atoms with E-state index < -0.39 is 0 Å². The highest BCUT2D eigenvalue weighted by Gasteiger charge is 2.33. The van der Waals surface area contributed by atoms with Crippen LogP contribution >= 0.6 is 27.5 Å². The van der Waals surface area contributed by atoms with E-state index in [1.54, 1.807) is 6.07 Å². The van der Waals surface area contributed by atoms with Crippen LogP contribution in [0.15, 0.2) is 22.7 Å². The topological polar surface area (TPSA) is 46.2 Å². The molecule has 0 spiro atoms. The van der Waals surface area contributed by atoms with Crippen molar-refractivity contribution in [3.8, 4) is 0 Å². The summed E-state index contributed by atoms with van der Waals surface area (Å²) < 4.78 is 0.780. The lowest BCUT2D eigenvalue weighted by Gasteiger charge is -2.27. The lowest BCUT2D eigenvalue weighted by molar-refractivity contribution is -0.136. The SMILES string of the molecule is CC1C(=O)NC(=O)CC1c1ccc(Cl)c(Br)c1. The van der Waals surface area contributed by atoms with E-state index in [1.807, 2.05) is 19.1 Å². The molecule has 2 rings (SSSR count). The highest BCUT2D eigenvalue weighted by molar-refractivity contribution is 9.10. The summed E-state index contributed by atoms with van der Waals surface area (Å²) in [6.45, 7) is 1.83. The van der Waals surface area contributed by atoms with E-state index in [0.29, 0.717) is 11.4 Å². The van der Waals surface area contributed by atoms with Crippen LogP contribution < -0.4 is 5.32 Å². The molecule has 1 aliphatic rings. The van der Waals surface area contributed by atoms with Gasteiger partial charge < -0.3 is 0 Å². The number of piperidine rings is 1. The smallest absolute Gasteiger partial charge is 0.230 e. The molecule has 2 unspecified atom stereocenters. The second-order valence-corrected chi connectivity index (χ2v) is 5.45. The fourth-order valence-corrected chi connectivity index (χ4v) is 2.53. The van der Waals surface area contributed by atoms with E-state index >= 15 is 0 Å². The third-order valence-electron chi connectivity index (χ3n) is 3.06. The summed E-state index contributed by atoms with van der Waals surface area (Å²) in [4.78, 5) is 23.0. The van der Waals surface area contributed by atoms with Crippen LogP contribution in [0.25, 0.3) is 0 Å². The molecule has 5 heteroatoms. The molecule has 0 aromatic heterocycles. The Morgan fingerprint density at radius 1 is 1.41 bits per heavy atom. The van der Waals surface area contributed by atoms with E-state index in [9.17, 15) is 9.59 Å². The van der Waals surface area contributed by atoms with Crippen molar-refractivity contribution in [3.63, 3.8) is 0 Å². The minimum Gasteiger partial charge on any atom is -0.296 e. The normalized spacial score (nSPS) is 24.6. The van der Waals surface area contributed by atoms with Crippen molar-refractivity contribution in [2.24, 2.45) is 5.92 Å². The molecular weight excluding hydrogens is 305 g/mol. The van der Waals surface area contributed by atoms with Crippen LogP contribution in [0.5, 0.6) is 0 Å². The Morgan fingerprint density at radius 2 is 2.12 bits per heavy atom. The van der Waals surface area contributed by atoms with E-state index in [1.165, 1.54) is 0 Å². The van der Waals surface area contributed by atoms with Crippen LogP contribution in [0, 0.1) is 5.92 Å². The molecule has 1 fully saturated rings. The van der Waals surface area contributed by atoms with Gasteiger partial charge in [-0.15, -0.1) is 0 Å². The number of nitrogens with one attached hydrogen (secondary N) is 1. The first-order valence-electron chi connectivity index (χ1n) is 5.27. The van der Waals surface area contributed by atoms with Crippen LogP contribution in [0.1, 0.15) is 24.8 Å². The summed E-state index contributed by atoms with van der Waals surface area (Å²) in [5.41, 5.74) is 0.956. The van der Waals surface area contributed by atoms with Gasteiger partial charge in [0.15, 0.2) is 0 Å². The maximum atomic E-state index is 11.6. The molecule has 1 aromatic carbocycles. The van der Waals surface area contributed by atoms with E-state index in [-0.39, 0.29) is 23.7 Å². The lowest BCUT2D eigenvalue weighted by atomic mass is 9.81. The predicted molar refractivity (Wildman–Crippen MR) is 68.8 cm³/mol. The van der Waals surface area contributed by atoms with Gasteiger partial charge in [-0.05, 0) is 33.6 Å². The van der Waals surface area contributed by atoms with Crippen molar-refractivity contribution in [2.75, 3.05) is 0 Å². The molecule has 1 aliphatic heterocycles. The van der Waals surface area contributed by atoms with Crippen LogP contribution in [-0.4, -0.2) is 11.8 Å². The van der Waals surface area contributed by atoms with Crippen LogP contribution in [0.4, 0.5) is 0 Å². The maximum Gasteiger partial charge on any atom is 0.230 e. The van der Waals surface area contributed by atoms with Crippen molar-refractivity contribution in [1.29, 1.82) is 0 Å². The second-order valence-electron chi connectivity index (χ2n) is 4.19. The number of carbonyl (C=O) groups excluding carboxylic acids is 2. The molecule has 2 atom stereocenters. The maximum absolute atomic E-state index is 11.6. The van der Waals surface area contributed by atoms with Gasteiger partial charge in [0.2, 0.25) is 11.8 Å². The minimum absolute atomic E-state index is 0.0789. The minimum atomic E-state index is -0.218. The molecule has 1 N–H and O–H groups in total. The van der Waals surface area contributed by atoms with E-state index in [4.69, 9.17) is 11.6 Å². The number of hydrogen-bond donors (Lipinski definition) is 1. The van der Waals surface area contributed by atoms with E-state index in [2.05, 4.69) is 21.2 Å². The van der Waals surface area contributed by atoms with Gasteiger partial charge in [-0.25, -0.2) is 0 Å². The predicted octanol–water partition coefficient (Wildman–Crippen LogP) is 2.87. The first kappa shape index (κ1) is 12.6. The molecule has 0 radical (unpaired) electrons. The molecular formula is C12H11BrClNO2. The quantitative estimate of drug-likeness (QED) is 0.810. The summed E-state index contributed by atoms with van der Waals surface area (Å²) in [6.07, 6.45) is 0.334. The average molecular weight is 317 g/mol. The van der Waals surface area contributed by atoms with Crippen molar-refractivity contribution in [2.45, 2.75) is 19.3 Å². The Morgan fingerprint density at radius 3 is 2.76 bits per heavy atom. The third-order valence-corrected chi connectivity index (χ3v) is 4.27. The van der Waals surface area contributed by atoms with Gasteiger partial charge in [0, 0.05) is 22.7 Å². The number of halogens is 2. The van der Waals surface area contributed by atoms with Gasteiger partial charge in [0.1, 0.15) is 0 Å². The molecule has 0 bridgehead atoms. The molecule has 0 saturated carbocycles.